The van der Waals surface area contributed by atoms with Crippen molar-refractivity contribution >= 4 is 0 Å². The second-order valence-electron chi connectivity index (χ2n) is 5.29. The minimum atomic E-state index is -0.449. The summed E-state index contributed by atoms with van der Waals surface area (Å²) < 4.78 is 5.32. The highest BCUT2D eigenvalue weighted by Gasteiger charge is 2.16. The molecular formula is C17H20N2O2. The van der Waals surface area contributed by atoms with Gasteiger partial charge in [0.25, 0.3) is 0 Å². The van der Waals surface area contributed by atoms with Crippen LogP contribution in [0.5, 0.6) is 0 Å². The number of aliphatic hydroxyl groups is 1. The van der Waals surface area contributed by atoms with Gasteiger partial charge in [0.2, 0.25) is 0 Å². The van der Waals surface area contributed by atoms with Crippen LogP contribution in [0.3, 0.4) is 0 Å². The lowest BCUT2D eigenvalue weighted by Gasteiger charge is -2.28. The van der Waals surface area contributed by atoms with Crippen molar-refractivity contribution in [2.45, 2.75) is 6.10 Å². The van der Waals surface area contributed by atoms with Gasteiger partial charge < -0.3 is 9.84 Å². The predicted octanol–water partition coefficient (Wildman–Crippen LogP) is 2.11. The number of hydrogen-bond donors (Lipinski definition) is 1. The summed E-state index contributed by atoms with van der Waals surface area (Å²) in [4.78, 5) is 6.27. The molecule has 0 bridgehead atoms. The Bertz CT molecular complexity index is 551. The number of hydrogen-bond acceptors (Lipinski definition) is 4. The molecule has 1 aromatic heterocycles. The fourth-order valence-electron chi connectivity index (χ4n) is 2.58. The lowest BCUT2D eigenvalue weighted by Crippen LogP contribution is -2.38. The SMILES string of the molecule is OC(CN1CCOCC1)c1ccc(-c2ccncc2)cc1. The van der Waals surface area contributed by atoms with Crippen molar-refractivity contribution in [1.29, 1.82) is 0 Å². The molecule has 0 amide bonds. The standard InChI is InChI=1S/C17H20N2O2/c20-17(13-19-9-11-21-12-10-19)16-3-1-14(2-4-16)15-5-7-18-8-6-15/h1-8,17,20H,9-13H2. The zero-order valence-corrected chi connectivity index (χ0v) is 12.0. The van der Waals surface area contributed by atoms with Gasteiger partial charge in [-0.1, -0.05) is 24.3 Å². The van der Waals surface area contributed by atoms with E-state index in [4.69, 9.17) is 4.74 Å². The van der Waals surface area contributed by atoms with Crippen molar-refractivity contribution in [3.8, 4) is 11.1 Å². The van der Waals surface area contributed by atoms with E-state index in [-0.39, 0.29) is 0 Å². The maximum absolute atomic E-state index is 10.3. The molecule has 2 heterocycles. The number of benzene rings is 1. The first kappa shape index (κ1) is 14.2. The van der Waals surface area contributed by atoms with Gasteiger partial charge in [-0.3, -0.25) is 9.88 Å². The van der Waals surface area contributed by atoms with Crippen LogP contribution in [0.1, 0.15) is 11.7 Å². The van der Waals surface area contributed by atoms with Crippen LogP contribution in [-0.2, 0) is 4.74 Å². The average Bonchev–Trinajstić information content (AvgIpc) is 2.57. The number of rotatable bonds is 4. The molecule has 4 heteroatoms. The minimum Gasteiger partial charge on any atom is -0.387 e. The summed E-state index contributed by atoms with van der Waals surface area (Å²) in [6.45, 7) is 3.97. The molecule has 4 nitrogen and oxygen atoms in total. The Balaban J connectivity index is 1.66. The molecule has 0 saturated carbocycles. The molecule has 1 fully saturated rings. The quantitative estimate of drug-likeness (QED) is 0.934. The molecular weight excluding hydrogens is 264 g/mol. The van der Waals surface area contributed by atoms with Crippen LogP contribution < -0.4 is 0 Å². The summed E-state index contributed by atoms with van der Waals surface area (Å²) in [6, 6.07) is 12.1. The van der Waals surface area contributed by atoms with Crippen LogP contribution in [0.2, 0.25) is 0 Å². The molecule has 1 saturated heterocycles. The number of nitrogens with zero attached hydrogens (tertiary/aromatic N) is 2. The van der Waals surface area contributed by atoms with Gasteiger partial charge in [-0.15, -0.1) is 0 Å². The summed E-state index contributed by atoms with van der Waals surface area (Å²) in [5.41, 5.74) is 3.23. The number of aliphatic hydroxyl groups excluding tert-OH is 1. The normalized spacial score (nSPS) is 17.6. The lowest BCUT2D eigenvalue weighted by molar-refractivity contribution is 0.0143. The Labute approximate surface area is 125 Å². The summed E-state index contributed by atoms with van der Waals surface area (Å²) in [5.74, 6) is 0. The number of ether oxygens (including phenoxy) is 1. The van der Waals surface area contributed by atoms with E-state index in [0.29, 0.717) is 6.54 Å². The van der Waals surface area contributed by atoms with E-state index in [1.54, 1.807) is 12.4 Å². The number of pyridine rings is 1. The number of aromatic nitrogens is 1. The smallest absolute Gasteiger partial charge is 0.0916 e. The van der Waals surface area contributed by atoms with Crippen LogP contribution in [0.25, 0.3) is 11.1 Å². The largest absolute Gasteiger partial charge is 0.387 e. The van der Waals surface area contributed by atoms with Gasteiger partial charge >= 0.3 is 0 Å². The fourth-order valence-corrected chi connectivity index (χ4v) is 2.58. The second kappa shape index (κ2) is 6.80. The van der Waals surface area contributed by atoms with Gasteiger partial charge in [0.15, 0.2) is 0 Å². The van der Waals surface area contributed by atoms with E-state index in [1.807, 2.05) is 36.4 Å². The first-order valence-electron chi connectivity index (χ1n) is 7.31. The minimum absolute atomic E-state index is 0.449. The molecule has 1 aromatic carbocycles. The molecule has 1 unspecified atom stereocenters. The van der Waals surface area contributed by atoms with Crippen molar-refractivity contribution in [3.63, 3.8) is 0 Å². The van der Waals surface area contributed by atoms with Crippen molar-refractivity contribution in [3.05, 3.63) is 54.4 Å². The summed E-state index contributed by atoms with van der Waals surface area (Å²) in [5, 5.41) is 10.3. The van der Waals surface area contributed by atoms with E-state index in [0.717, 1.165) is 43.0 Å². The Kier molecular flexibility index (Phi) is 4.60. The highest BCUT2D eigenvalue weighted by molar-refractivity contribution is 5.62. The van der Waals surface area contributed by atoms with Crippen molar-refractivity contribution in [1.82, 2.24) is 9.88 Å². The van der Waals surface area contributed by atoms with Crippen LogP contribution in [-0.4, -0.2) is 47.8 Å². The zero-order chi connectivity index (χ0) is 14.5. The highest BCUT2D eigenvalue weighted by atomic mass is 16.5. The van der Waals surface area contributed by atoms with E-state index in [1.165, 1.54) is 0 Å². The molecule has 1 atom stereocenters. The van der Waals surface area contributed by atoms with Crippen LogP contribution >= 0.6 is 0 Å². The molecule has 0 radical (unpaired) electrons. The third-order valence-electron chi connectivity index (χ3n) is 3.84. The van der Waals surface area contributed by atoms with Gasteiger partial charge in [-0.05, 0) is 28.8 Å². The molecule has 1 aliphatic heterocycles. The van der Waals surface area contributed by atoms with Crippen molar-refractivity contribution in [2.75, 3.05) is 32.8 Å². The van der Waals surface area contributed by atoms with Crippen LogP contribution in [0.4, 0.5) is 0 Å². The average molecular weight is 284 g/mol. The molecule has 0 aliphatic carbocycles. The number of β-amino-alcohol motifs (C(OH)–C–C–N with tert-alkyl or cyclic N) is 1. The van der Waals surface area contributed by atoms with Crippen molar-refractivity contribution < 1.29 is 9.84 Å². The summed E-state index contributed by atoms with van der Waals surface area (Å²) in [7, 11) is 0. The lowest BCUT2D eigenvalue weighted by atomic mass is 10.0. The first-order valence-corrected chi connectivity index (χ1v) is 7.31. The molecule has 0 spiro atoms. The molecule has 2 aromatic rings. The Hall–Kier alpha value is -1.75. The number of morpholine rings is 1. The molecule has 21 heavy (non-hydrogen) atoms. The topological polar surface area (TPSA) is 45.6 Å². The van der Waals surface area contributed by atoms with Gasteiger partial charge in [0.1, 0.15) is 0 Å². The van der Waals surface area contributed by atoms with E-state index in [2.05, 4.69) is 9.88 Å². The van der Waals surface area contributed by atoms with E-state index >= 15 is 0 Å². The zero-order valence-electron chi connectivity index (χ0n) is 12.0. The third kappa shape index (κ3) is 3.67. The van der Waals surface area contributed by atoms with Gasteiger partial charge in [0, 0.05) is 32.0 Å². The summed E-state index contributed by atoms with van der Waals surface area (Å²) in [6.07, 6.45) is 3.13. The van der Waals surface area contributed by atoms with Gasteiger partial charge in [-0.25, -0.2) is 0 Å². The first-order chi connectivity index (χ1) is 10.3. The second-order valence-corrected chi connectivity index (χ2v) is 5.29. The van der Waals surface area contributed by atoms with Crippen LogP contribution in [0.15, 0.2) is 48.8 Å². The fraction of sp³-hybridized carbons (Fsp3) is 0.353. The Morgan fingerprint density at radius 2 is 1.62 bits per heavy atom. The van der Waals surface area contributed by atoms with Crippen LogP contribution in [0, 0.1) is 0 Å². The Morgan fingerprint density at radius 1 is 1.00 bits per heavy atom. The predicted molar refractivity (Wildman–Crippen MR) is 81.9 cm³/mol. The maximum Gasteiger partial charge on any atom is 0.0916 e. The monoisotopic (exact) mass is 284 g/mol. The maximum atomic E-state index is 10.3. The molecule has 3 rings (SSSR count). The third-order valence-corrected chi connectivity index (χ3v) is 3.84. The van der Waals surface area contributed by atoms with Gasteiger partial charge in [-0.2, -0.15) is 0 Å². The Morgan fingerprint density at radius 3 is 2.29 bits per heavy atom. The summed E-state index contributed by atoms with van der Waals surface area (Å²) >= 11 is 0. The van der Waals surface area contributed by atoms with E-state index in [9.17, 15) is 5.11 Å². The van der Waals surface area contributed by atoms with E-state index < -0.39 is 6.10 Å². The molecule has 110 valence electrons. The molecule has 1 N–H and O–H groups in total. The van der Waals surface area contributed by atoms with Crippen molar-refractivity contribution in [2.24, 2.45) is 0 Å². The molecule has 1 aliphatic rings. The highest BCUT2D eigenvalue weighted by Crippen LogP contribution is 2.22. The van der Waals surface area contributed by atoms with Gasteiger partial charge in [0.05, 0.1) is 19.3 Å².